The minimum atomic E-state index is -0.728. The van der Waals surface area contributed by atoms with Crippen molar-refractivity contribution in [3.8, 4) is 0 Å². The van der Waals surface area contributed by atoms with E-state index in [0.717, 1.165) is 23.4 Å². The van der Waals surface area contributed by atoms with Crippen LogP contribution in [0.25, 0.3) is 0 Å². The highest BCUT2D eigenvalue weighted by Gasteiger charge is 2.37. The summed E-state index contributed by atoms with van der Waals surface area (Å²) >= 11 is 0. The van der Waals surface area contributed by atoms with E-state index < -0.39 is 17.6 Å². The standard InChI is InChI=1S/C23H29N3O6/c1-23(2,3)32-22(30)26-12-16-10-18(24-6-8-31-9-7-24)19(11-17(16)21(26)29)25(14-27)13-20(28)15-4-5-15/h10-11,14-15H,4-9,12-13H2,1-3H3. The van der Waals surface area contributed by atoms with Gasteiger partial charge in [-0.25, -0.2) is 9.69 Å². The number of Topliss-reactive ketones (excluding diaryl/α,β-unsaturated/α-hetero) is 1. The van der Waals surface area contributed by atoms with Crippen molar-refractivity contribution in [3.63, 3.8) is 0 Å². The van der Waals surface area contributed by atoms with Crippen LogP contribution < -0.4 is 9.80 Å². The number of ether oxygens (including phenoxy) is 2. The number of amides is 3. The van der Waals surface area contributed by atoms with E-state index >= 15 is 0 Å². The fourth-order valence-corrected chi connectivity index (χ4v) is 3.97. The summed E-state index contributed by atoms with van der Waals surface area (Å²) in [7, 11) is 0. The molecule has 0 radical (unpaired) electrons. The van der Waals surface area contributed by atoms with Gasteiger partial charge in [0.2, 0.25) is 6.41 Å². The van der Waals surface area contributed by atoms with Crippen molar-refractivity contribution in [3.05, 3.63) is 23.3 Å². The van der Waals surface area contributed by atoms with Gasteiger partial charge in [0.25, 0.3) is 5.91 Å². The Labute approximate surface area is 187 Å². The van der Waals surface area contributed by atoms with Crippen molar-refractivity contribution in [2.75, 3.05) is 42.6 Å². The van der Waals surface area contributed by atoms with Crippen LogP contribution in [0.4, 0.5) is 16.2 Å². The van der Waals surface area contributed by atoms with E-state index in [1.54, 1.807) is 26.8 Å². The van der Waals surface area contributed by atoms with Gasteiger partial charge in [0.05, 0.1) is 37.7 Å². The summed E-state index contributed by atoms with van der Waals surface area (Å²) < 4.78 is 10.8. The van der Waals surface area contributed by atoms with Crippen LogP contribution in [0.15, 0.2) is 12.1 Å². The molecule has 2 fully saturated rings. The molecule has 0 bridgehead atoms. The number of hydrogen-bond donors (Lipinski definition) is 0. The van der Waals surface area contributed by atoms with Gasteiger partial charge in [0.1, 0.15) is 5.60 Å². The number of ketones is 1. The first kappa shape index (κ1) is 22.3. The average molecular weight is 444 g/mol. The number of fused-ring (bicyclic) bond motifs is 1. The highest BCUT2D eigenvalue weighted by atomic mass is 16.6. The summed E-state index contributed by atoms with van der Waals surface area (Å²) in [6.07, 6.45) is 1.64. The second-order valence-electron chi connectivity index (χ2n) is 9.44. The molecule has 0 spiro atoms. The van der Waals surface area contributed by atoms with E-state index in [2.05, 4.69) is 4.90 Å². The summed E-state index contributed by atoms with van der Waals surface area (Å²) in [5.74, 6) is -0.432. The van der Waals surface area contributed by atoms with Gasteiger partial charge >= 0.3 is 6.09 Å². The summed E-state index contributed by atoms with van der Waals surface area (Å²) in [5, 5.41) is 0. The average Bonchev–Trinajstić information content (AvgIpc) is 3.55. The highest BCUT2D eigenvalue weighted by Crippen LogP contribution is 2.38. The van der Waals surface area contributed by atoms with Crippen LogP contribution in [0.2, 0.25) is 0 Å². The number of hydrogen-bond acceptors (Lipinski definition) is 7. The number of morpholine rings is 1. The Kier molecular flexibility index (Phi) is 5.94. The van der Waals surface area contributed by atoms with Crippen LogP contribution >= 0.6 is 0 Å². The Hall–Kier alpha value is -2.94. The van der Waals surface area contributed by atoms with E-state index in [1.165, 1.54) is 4.90 Å². The van der Waals surface area contributed by atoms with E-state index in [4.69, 9.17) is 9.47 Å². The van der Waals surface area contributed by atoms with Crippen molar-refractivity contribution < 1.29 is 28.7 Å². The lowest BCUT2D eigenvalue weighted by atomic mass is 10.0. The van der Waals surface area contributed by atoms with Gasteiger partial charge in [-0.05, 0) is 51.3 Å². The zero-order valence-electron chi connectivity index (χ0n) is 18.8. The lowest BCUT2D eigenvalue weighted by Crippen LogP contribution is -2.38. The fourth-order valence-electron chi connectivity index (χ4n) is 3.97. The second-order valence-corrected chi connectivity index (χ2v) is 9.44. The van der Waals surface area contributed by atoms with Gasteiger partial charge in [-0.3, -0.25) is 14.4 Å². The Bertz CT molecular complexity index is 944. The van der Waals surface area contributed by atoms with Crippen molar-refractivity contribution in [2.45, 2.75) is 45.8 Å². The first-order valence-electron chi connectivity index (χ1n) is 11.0. The number of imide groups is 1. The molecule has 0 unspecified atom stereocenters. The second kappa shape index (κ2) is 8.54. The topological polar surface area (TPSA) is 96.5 Å². The molecular weight excluding hydrogens is 414 g/mol. The molecule has 1 saturated heterocycles. The van der Waals surface area contributed by atoms with Crippen molar-refractivity contribution in [1.82, 2.24) is 4.90 Å². The zero-order chi connectivity index (χ0) is 23.0. The molecule has 0 N–H and O–H groups in total. The van der Waals surface area contributed by atoms with Crippen molar-refractivity contribution in [1.29, 1.82) is 0 Å². The van der Waals surface area contributed by atoms with E-state index in [0.29, 0.717) is 49.5 Å². The van der Waals surface area contributed by atoms with Crippen molar-refractivity contribution in [2.24, 2.45) is 5.92 Å². The molecule has 0 atom stereocenters. The molecular formula is C23H29N3O6. The molecule has 4 rings (SSSR count). The lowest BCUT2D eigenvalue weighted by Gasteiger charge is -2.33. The predicted molar refractivity (Wildman–Crippen MR) is 117 cm³/mol. The van der Waals surface area contributed by atoms with Crippen LogP contribution in [-0.4, -0.2) is 67.5 Å². The number of carbonyl (C=O) groups excluding carboxylic acids is 4. The Morgan fingerprint density at radius 2 is 1.91 bits per heavy atom. The third kappa shape index (κ3) is 4.62. The number of nitrogens with zero attached hydrogens (tertiary/aromatic N) is 3. The Morgan fingerprint density at radius 3 is 2.50 bits per heavy atom. The molecule has 1 aliphatic carbocycles. The number of anilines is 2. The maximum Gasteiger partial charge on any atom is 0.417 e. The van der Waals surface area contributed by atoms with Crippen LogP contribution in [-0.2, 0) is 25.6 Å². The largest absolute Gasteiger partial charge is 0.443 e. The van der Waals surface area contributed by atoms with Gasteiger partial charge in [-0.15, -0.1) is 0 Å². The molecule has 9 heteroatoms. The first-order chi connectivity index (χ1) is 15.2. The normalized spacial score (nSPS) is 18.4. The molecule has 2 aliphatic heterocycles. The molecule has 1 aromatic carbocycles. The van der Waals surface area contributed by atoms with E-state index in [9.17, 15) is 19.2 Å². The van der Waals surface area contributed by atoms with E-state index in [-0.39, 0.29) is 24.8 Å². The van der Waals surface area contributed by atoms with Crippen molar-refractivity contribution >= 4 is 35.6 Å². The SMILES string of the molecule is CC(C)(C)OC(=O)N1Cc2cc(N3CCOCC3)c(N(C=O)CC(=O)C3CC3)cc2C1=O. The number of rotatable bonds is 6. The molecule has 9 nitrogen and oxygen atoms in total. The maximum absolute atomic E-state index is 13.0. The first-order valence-corrected chi connectivity index (χ1v) is 11.0. The molecule has 172 valence electrons. The smallest absolute Gasteiger partial charge is 0.417 e. The van der Waals surface area contributed by atoms with Gasteiger partial charge in [0, 0.05) is 24.6 Å². The summed E-state index contributed by atoms with van der Waals surface area (Å²) in [4.78, 5) is 54.6. The Balaban J connectivity index is 1.68. The molecule has 2 heterocycles. The maximum atomic E-state index is 13.0. The quantitative estimate of drug-likeness (QED) is 0.623. The zero-order valence-corrected chi connectivity index (χ0v) is 18.8. The lowest BCUT2D eigenvalue weighted by molar-refractivity contribution is -0.120. The number of benzene rings is 1. The monoisotopic (exact) mass is 443 g/mol. The minimum Gasteiger partial charge on any atom is -0.443 e. The van der Waals surface area contributed by atoms with Gasteiger partial charge in [0.15, 0.2) is 5.78 Å². The summed E-state index contributed by atoms with van der Waals surface area (Å²) in [5.41, 5.74) is 1.54. The predicted octanol–water partition coefficient (Wildman–Crippen LogP) is 2.36. The number of carbonyl (C=O) groups is 4. The molecule has 32 heavy (non-hydrogen) atoms. The third-order valence-corrected chi connectivity index (χ3v) is 5.77. The Morgan fingerprint density at radius 1 is 1.22 bits per heavy atom. The summed E-state index contributed by atoms with van der Waals surface area (Å²) in [6, 6.07) is 3.47. The van der Waals surface area contributed by atoms with Gasteiger partial charge in [-0.1, -0.05) is 0 Å². The van der Waals surface area contributed by atoms with Gasteiger partial charge in [-0.2, -0.15) is 0 Å². The highest BCUT2D eigenvalue weighted by molar-refractivity contribution is 6.08. The minimum absolute atomic E-state index is 0.0167. The molecule has 0 aromatic heterocycles. The third-order valence-electron chi connectivity index (χ3n) is 5.77. The molecule has 3 amide bonds. The van der Waals surface area contributed by atoms with Gasteiger partial charge < -0.3 is 19.3 Å². The van der Waals surface area contributed by atoms with E-state index in [1.807, 2.05) is 6.07 Å². The van der Waals surface area contributed by atoms with Crippen LogP contribution in [0.1, 0.15) is 49.5 Å². The summed E-state index contributed by atoms with van der Waals surface area (Å²) in [6.45, 7) is 7.63. The van der Waals surface area contributed by atoms with Crippen LogP contribution in [0.5, 0.6) is 0 Å². The molecule has 1 aromatic rings. The van der Waals surface area contributed by atoms with Crippen LogP contribution in [0, 0.1) is 5.92 Å². The molecule has 3 aliphatic rings. The fraction of sp³-hybridized carbons (Fsp3) is 0.565. The van der Waals surface area contributed by atoms with Crippen LogP contribution in [0.3, 0.4) is 0 Å². The molecule has 1 saturated carbocycles.